The molecule has 1 amide bonds. The van der Waals surface area contributed by atoms with Gasteiger partial charge in [0.05, 0.1) is 10.8 Å². The fourth-order valence-corrected chi connectivity index (χ4v) is 2.57. The van der Waals surface area contributed by atoms with E-state index in [1.54, 1.807) is 24.3 Å². The maximum absolute atomic E-state index is 11.9. The fraction of sp³-hybridized carbons (Fsp3) is 0.214. The third-order valence-electron chi connectivity index (χ3n) is 2.83. The Labute approximate surface area is 130 Å². The van der Waals surface area contributed by atoms with Gasteiger partial charge in [0.1, 0.15) is 13.2 Å². The number of aromatic amines is 1. The number of nitrogens with zero attached hydrogens (tertiary/aromatic N) is 1. The van der Waals surface area contributed by atoms with E-state index in [2.05, 4.69) is 15.3 Å². The molecule has 114 valence electrons. The summed E-state index contributed by atoms with van der Waals surface area (Å²) in [5.41, 5.74) is 0.204. The van der Waals surface area contributed by atoms with E-state index in [1.165, 1.54) is 18.0 Å². The van der Waals surface area contributed by atoms with Crippen molar-refractivity contribution in [1.29, 1.82) is 0 Å². The number of rotatable bonds is 4. The highest BCUT2D eigenvalue weighted by atomic mass is 32.2. The number of aromatic nitrogens is 2. The molecule has 1 aromatic carbocycles. The summed E-state index contributed by atoms with van der Waals surface area (Å²) in [6, 6.07) is 6.89. The van der Waals surface area contributed by atoms with Gasteiger partial charge in [0, 0.05) is 18.0 Å². The Hall–Kier alpha value is -2.48. The van der Waals surface area contributed by atoms with Gasteiger partial charge in [-0.15, -0.1) is 0 Å². The van der Waals surface area contributed by atoms with E-state index in [1.807, 2.05) is 0 Å². The summed E-state index contributed by atoms with van der Waals surface area (Å²) in [4.78, 5) is 29.1. The molecule has 2 aromatic rings. The summed E-state index contributed by atoms with van der Waals surface area (Å²) in [5.74, 6) is 1.29. The van der Waals surface area contributed by atoms with E-state index in [9.17, 15) is 9.59 Å². The standard InChI is InChI=1S/C14H13N3O4S/c18-12(8-22-13-3-4-15-14(19)17-13)16-9-1-2-10-11(7-9)21-6-5-20-10/h1-4,7H,5-6,8H2,(H,16,18)(H,15,17,19). The van der Waals surface area contributed by atoms with Crippen LogP contribution in [-0.4, -0.2) is 34.8 Å². The lowest BCUT2D eigenvalue weighted by molar-refractivity contribution is -0.113. The van der Waals surface area contributed by atoms with Crippen molar-refractivity contribution in [3.05, 3.63) is 40.9 Å². The number of fused-ring (bicyclic) bond motifs is 1. The molecule has 0 unspecified atom stereocenters. The summed E-state index contributed by atoms with van der Waals surface area (Å²) < 4.78 is 10.9. The van der Waals surface area contributed by atoms with Crippen molar-refractivity contribution in [3.63, 3.8) is 0 Å². The van der Waals surface area contributed by atoms with Crippen molar-refractivity contribution >= 4 is 23.4 Å². The van der Waals surface area contributed by atoms with Crippen molar-refractivity contribution in [3.8, 4) is 11.5 Å². The van der Waals surface area contributed by atoms with Gasteiger partial charge in [0.2, 0.25) is 5.91 Å². The first-order valence-electron chi connectivity index (χ1n) is 6.58. The molecular weight excluding hydrogens is 306 g/mol. The molecule has 0 fully saturated rings. The SMILES string of the molecule is O=C(CSc1ccnc(=O)[nH]1)Nc1ccc2c(c1)OCCO2. The maximum atomic E-state index is 11.9. The molecule has 1 aliphatic rings. The second-order valence-corrected chi connectivity index (χ2v) is 5.45. The molecule has 0 saturated carbocycles. The van der Waals surface area contributed by atoms with Gasteiger partial charge in [0.15, 0.2) is 11.5 Å². The van der Waals surface area contributed by atoms with Crippen LogP contribution in [0, 0.1) is 0 Å². The zero-order valence-electron chi connectivity index (χ0n) is 11.5. The van der Waals surface area contributed by atoms with Crippen LogP contribution in [0.1, 0.15) is 0 Å². The minimum Gasteiger partial charge on any atom is -0.486 e. The number of nitrogens with one attached hydrogen (secondary N) is 2. The second kappa shape index (κ2) is 6.52. The molecule has 22 heavy (non-hydrogen) atoms. The fourth-order valence-electron chi connectivity index (χ4n) is 1.90. The molecule has 0 aliphatic carbocycles. The van der Waals surface area contributed by atoms with Gasteiger partial charge >= 0.3 is 5.69 Å². The first kappa shape index (κ1) is 14.5. The van der Waals surface area contributed by atoms with E-state index < -0.39 is 5.69 Å². The number of amides is 1. The summed E-state index contributed by atoms with van der Waals surface area (Å²) in [6.45, 7) is 1.02. The number of benzene rings is 1. The number of carbonyl (C=O) groups excluding carboxylic acids is 1. The molecular formula is C14H13N3O4S. The molecule has 0 radical (unpaired) electrons. The number of anilines is 1. The highest BCUT2D eigenvalue weighted by molar-refractivity contribution is 7.99. The van der Waals surface area contributed by atoms with Crippen LogP contribution >= 0.6 is 11.8 Å². The normalized spacial score (nSPS) is 12.7. The molecule has 0 atom stereocenters. The summed E-state index contributed by atoms with van der Waals surface area (Å²) in [7, 11) is 0. The third kappa shape index (κ3) is 3.59. The van der Waals surface area contributed by atoms with Gasteiger partial charge in [-0.25, -0.2) is 9.78 Å². The van der Waals surface area contributed by atoms with E-state index in [-0.39, 0.29) is 11.7 Å². The third-order valence-corrected chi connectivity index (χ3v) is 3.79. The molecule has 1 aliphatic heterocycles. The van der Waals surface area contributed by atoms with Gasteiger partial charge in [-0.3, -0.25) is 4.79 Å². The Morgan fingerprint density at radius 3 is 2.91 bits per heavy atom. The van der Waals surface area contributed by atoms with Crippen molar-refractivity contribution in [2.45, 2.75) is 5.03 Å². The maximum Gasteiger partial charge on any atom is 0.345 e. The van der Waals surface area contributed by atoms with Crippen molar-refractivity contribution in [2.75, 3.05) is 24.3 Å². The first-order valence-corrected chi connectivity index (χ1v) is 7.57. The molecule has 1 aromatic heterocycles. The number of thioether (sulfide) groups is 1. The monoisotopic (exact) mass is 319 g/mol. The Morgan fingerprint density at radius 1 is 1.27 bits per heavy atom. The summed E-state index contributed by atoms with van der Waals surface area (Å²) in [5, 5.41) is 3.37. The van der Waals surface area contributed by atoms with Gasteiger partial charge in [0.25, 0.3) is 0 Å². The van der Waals surface area contributed by atoms with Crippen LogP contribution in [0.15, 0.2) is 40.3 Å². The van der Waals surface area contributed by atoms with Crippen LogP contribution in [-0.2, 0) is 4.79 Å². The Balaban J connectivity index is 1.58. The minimum absolute atomic E-state index is 0.175. The summed E-state index contributed by atoms with van der Waals surface area (Å²) >= 11 is 1.23. The van der Waals surface area contributed by atoms with Crippen molar-refractivity contribution in [2.24, 2.45) is 0 Å². The van der Waals surface area contributed by atoms with Gasteiger partial charge in [-0.1, -0.05) is 11.8 Å². The molecule has 8 heteroatoms. The van der Waals surface area contributed by atoms with Gasteiger partial charge in [-0.05, 0) is 18.2 Å². The average Bonchev–Trinajstić information content (AvgIpc) is 2.53. The van der Waals surface area contributed by atoms with E-state index in [0.717, 1.165) is 0 Å². The number of hydrogen-bond acceptors (Lipinski definition) is 6. The van der Waals surface area contributed by atoms with Crippen LogP contribution < -0.4 is 20.5 Å². The number of H-pyrrole nitrogens is 1. The lowest BCUT2D eigenvalue weighted by atomic mass is 10.2. The first-order chi connectivity index (χ1) is 10.7. The van der Waals surface area contributed by atoms with Gasteiger partial charge in [-0.2, -0.15) is 0 Å². The van der Waals surface area contributed by atoms with Crippen LogP contribution in [0.5, 0.6) is 11.5 Å². The molecule has 2 N–H and O–H groups in total. The van der Waals surface area contributed by atoms with Crippen molar-refractivity contribution in [1.82, 2.24) is 9.97 Å². The molecule has 7 nitrogen and oxygen atoms in total. The van der Waals surface area contributed by atoms with Crippen LogP contribution in [0.25, 0.3) is 0 Å². The Bertz CT molecular complexity index is 747. The quantitative estimate of drug-likeness (QED) is 0.651. The zero-order valence-corrected chi connectivity index (χ0v) is 12.3. The highest BCUT2D eigenvalue weighted by Crippen LogP contribution is 2.32. The highest BCUT2D eigenvalue weighted by Gasteiger charge is 2.12. The topological polar surface area (TPSA) is 93.3 Å². The molecule has 0 spiro atoms. The van der Waals surface area contributed by atoms with Crippen molar-refractivity contribution < 1.29 is 14.3 Å². The van der Waals surface area contributed by atoms with Crippen LogP contribution in [0.2, 0.25) is 0 Å². The number of ether oxygens (including phenoxy) is 2. The van der Waals surface area contributed by atoms with Gasteiger partial charge < -0.3 is 19.8 Å². The predicted molar refractivity (Wildman–Crippen MR) is 81.6 cm³/mol. The lowest BCUT2D eigenvalue weighted by Crippen LogP contribution is -2.17. The van der Waals surface area contributed by atoms with E-state index in [4.69, 9.17) is 9.47 Å². The molecule has 0 saturated heterocycles. The van der Waals surface area contributed by atoms with E-state index >= 15 is 0 Å². The van der Waals surface area contributed by atoms with Crippen LogP contribution in [0.4, 0.5) is 5.69 Å². The molecule has 2 heterocycles. The Morgan fingerprint density at radius 2 is 2.09 bits per heavy atom. The summed E-state index contributed by atoms with van der Waals surface area (Å²) in [6.07, 6.45) is 1.40. The van der Waals surface area contributed by atoms with E-state index in [0.29, 0.717) is 35.4 Å². The predicted octanol–water partition coefficient (Wildman–Crippen LogP) is 1.27. The minimum atomic E-state index is -0.433. The largest absolute Gasteiger partial charge is 0.486 e. The molecule has 0 bridgehead atoms. The lowest BCUT2D eigenvalue weighted by Gasteiger charge is -2.18. The Kier molecular flexibility index (Phi) is 4.29. The average molecular weight is 319 g/mol. The number of carbonyl (C=O) groups is 1. The van der Waals surface area contributed by atoms with Crippen LogP contribution in [0.3, 0.4) is 0 Å². The second-order valence-electron chi connectivity index (χ2n) is 4.43. The smallest absolute Gasteiger partial charge is 0.345 e. The number of hydrogen-bond donors (Lipinski definition) is 2. The molecule has 3 rings (SSSR count). The zero-order chi connectivity index (χ0) is 15.4.